The van der Waals surface area contributed by atoms with E-state index in [2.05, 4.69) is 0 Å². The van der Waals surface area contributed by atoms with Crippen LogP contribution in [0, 0.1) is 0 Å². The largest absolute Gasteiger partial charge is 0.477 e. The van der Waals surface area contributed by atoms with Crippen LogP contribution in [0.25, 0.3) is 0 Å². The fourth-order valence-electron chi connectivity index (χ4n) is 0.888. The Labute approximate surface area is 75.3 Å². The number of aromatic carboxylic acids is 1. The summed E-state index contributed by atoms with van der Waals surface area (Å²) in [5.41, 5.74) is -1.64. The number of carboxylic acid groups (broad SMARTS) is 1. The monoisotopic (exact) mass is 207 g/mol. The topological polar surface area (TPSA) is 70.2 Å². The Morgan fingerprint density at radius 2 is 1.93 bits per heavy atom. The van der Waals surface area contributed by atoms with Gasteiger partial charge in [-0.05, 0) is 6.07 Å². The number of H-pyrrole nitrogens is 1. The van der Waals surface area contributed by atoms with Gasteiger partial charge in [-0.1, -0.05) is 0 Å². The fourth-order valence-corrected chi connectivity index (χ4v) is 0.888. The number of hydrogen-bond acceptors (Lipinski definition) is 2. The third-order valence-electron chi connectivity index (χ3n) is 1.46. The summed E-state index contributed by atoms with van der Waals surface area (Å²) in [6.07, 6.45) is -4.10. The van der Waals surface area contributed by atoms with E-state index in [4.69, 9.17) is 5.11 Å². The first kappa shape index (κ1) is 10.3. The van der Waals surface area contributed by atoms with Crippen LogP contribution in [0.5, 0.6) is 0 Å². The number of aromatic amines is 1. The summed E-state index contributed by atoms with van der Waals surface area (Å²) >= 11 is 0. The van der Waals surface area contributed by atoms with E-state index in [1.165, 1.54) is 0 Å². The van der Waals surface area contributed by atoms with Crippen LogP contribution in [0.3, 0.4) is 0 Å². The molecule has 0 aromatic carbocycles. The van der Waals surface area contributed by atoms with Crippen molar-refractivity contribution < 1.29 is 27.9 Å². The van der Waals surface area contributed by atoms with Gasteiger partial charge in [-0.2, -0.15) is 13.2 Å². The maximum absolute atomic E-state index is 11.9. The molecule has 0 atom stereocenters. The van der Waals surface area contributed by atoms with E-state index in [0.717, 1.165) is 12.3 Å². The van der Waals surface area contributed by atoms with Crippen molar-refractivity contribution in [2.24, 2.45) is 0 Å². The van der Waals surface area contributed by atoms with Gasteiger partial charge in [0.15, 0.2) is 0 Å². The zero-order valence-corrected chi connectivity index (χ0v) is 6.55. The number of hydrogen-bond donors (Lipinski definition) is 2. The molecule has 1 aromatic heterocycles. The first-order valence-electron chi connectivity index (χ1n) is 3.36. The molecule has 1 heterocycles. The molecule has 7 heteroatoms. The van der Waals surface area contributed by atoms with Gasteiger partial charge in [-0.3, -0.25) is 4.79 Å². The van der Waals surface area contributed by atoms with E-state index in [9.17, 15) is 22.8 Å². The number of Topliss-reactive ketones (excluding diaryl/α,β-unsaturated/α-hetero) is 1. The zero-order chi connectivity index (χ0) is 10.9. The van der Waals surface area contributed by atoms with Crippen molar-refractivity contribution in [1.82, 2.24) is 4.98 Å². The quantitative estimate of drug-likeness (QED) is 0.721. The average Bonchev–Trinajstić information content (AvgIpc) is 2.48. The highest BCUT2D eigenvalue weighted by Gasteiger charge is 2.41. The molecule has 0 saturated heterocycles. The van der Waals surface area contributed by atoms with Crippen molar-refractivity contribution >= 4 is 11.8 Å². The van der Waals surface area contributed by atoms with Crippen LogP contribution in [0.2, 0.25) is 0 Å². The molecule has 4 nitrogen and oxygen atoms in total. The second kappa shape index (κ2) is 3.17. The van der Waals surface area contributed by atoms with Gasteiger partial charge in [0.2, 0.25) is 0 Å². The van der Waals surface area contributed by atoms with Gasteiger partial charge in [-0.25, -0.2) is 4.79 Å². The number of alkyl halides is 3. The number of carbonyl (C=O) groups excluding carboxylic acids is 1. The molecular formula is C7H4F3NO3. The Bertz CT molecular complexity index is 380. The van der Waals surface area contributed by atoms with Crippen LogP contribution in [0.1, 0.15) is 20.8 Å². The SMILES string of the molecule is O=C(O)c1[nH]ccc1C(=O)C(F)(F)F. The third-order valence-corrected chi connectivity index (χ3v) is 1.46. The van der Waals surface area contributed by atoms with Gasteiger partial charge >= 0.3 is 12.1 Å². The standard InChI is InChI=1S/C7H4F3NO3/c8-7(9,10)5(12)3-1-2-11-4(3)6(13)14/h1-2,11H,(H,13,14). The molecule has 0 aliphatic rings. The molecule has 0 bridgehead atoms. The Hall–Kier alpha value is -1.79. The van der Waals surface area contributed by atoms with Gasteiger partial charge in [0, 0.05) is 6.20 Å². The molecule has 76 valence electrons. The Kier molecular flexibility index (Phi) is 2.33. The summed E-state index contributed by atoms with van der Waals surface area (Å²) in [6, 6.07) is 0.777. The number of nitrogens with one attached hydrogen (secondary N) is 1. The maximum atomic E-state index is 11.9. The number of halogens is 3. The molecule has 0 spiro atoms. The highest BCUT2D eigenvalue weighted by Crippen LogP contribution is 2.23. The summed E-state index contributed by atoms with van der Waals surface area (Å²) in [5.74, 6) is -3.78. The number of ketones is 1. The van der Waals surface area contributed by atoms with Gasteiger partial charge in [0.1, 0.15) is 5.69 Å². The Morgan fingerprint density at radius 3 is 2.36 bits per heavy atom. The second-order valence-electron chi connectivity index (χ2n) is 2.40. The van der Waals surface area contributed by atoms with Gasteiger partial charge in [0.05, 0.1) is 5.56 Å². The number of rotatable bonds is 2. The highest BCUT2D eigenvalue weighted by molar-refractivity contribution is 6.07. The average molecular weight is 207 g/mol. The summed E-state index contributed by atoms with van der Waals surface area (Å²) in [6.45, 7) is 0. The van der Waals surface area contributed by atoms with E-state index >= 15 is 0 Å². The molecule has 0 amide bonds. The van der Waals surface area contributed by atoms with Gasteiger partial charge in [-0.15, -0.1) is 0 Å². The maximum Gasteiger partial charge on any atom is 0.454 e. The second-order valence-corrected chi connectivity index (χ2v) is 2.40. The molecule has 0 aliphatic heterocycles. The number of carbonyl (C=O) groups is 2. The van der Waals surface area contributed by atoms with Gasteiger partial charge in [0.25, 0.3) is 5.78 Å². The van der Waals surface area contributed by atoms with E-state index < -0.39 is 29.2 Å². The molecule has 2 N–H and O–H groups in total. The summed E-state index contributed by atoms with van der Waals surface area (Å²) in [4.78, 5) is 23.0. The molecule has 0 fully saturated rings. The molecule has 0 radical (unpaired) electrons. The lowest BCUT2D eigenvalue weighted by atomic mass is 10.1. The predicted octanol–water partition coefficient (Wildman–Crippen LogP) is 1.46. The Morgan fingerprint density at radius 1 is 1.36 bits per heavy atom. The smallest absolute Gasteiger partial charge is 0.454 e. The van der Waals surface area contributed by atoms with Crippen molar-refractivity contribution in [2.75, 3.05) is 0 Å². The van der Waals surface area contributed by atoms with Crippen LogP contribution >= 0.6 is 0 Å². The van der Waals surface area contributed by atoms with E-state index in [1.54, 1.807) is 0 Å². The van der Waals surface area contributed by atoms with E-state index in [-0.39, 0.29) is 0 Å². The van der Waals surface area contributed by atoms with Crippen molar-refractivity contribution in [3.05, 3.63) is 23.5 Å². The predicted molar refractivity (Wildman–Crippen MR) is 38.1 cm³/mol. The third kappa shape index (κ3) is 1.76. The molecule has 0 aliphatic carbocycles. The van der Waals surface area contributed by atoms with Crippen LogP contribution < -0.4 is 0 Å². The molecule has 0 saturated carbocycles. The molecular weight excluding hydrogens is 203 g/mol. The van der Waals surface area contributed by atoms with Crippen LogP contribution in [0.15, 0.2) is 12.3 Å². The summed E-state index contributed by atoms with van der Waals surface area (Å²) < 4.78 is 35.7. The first-order valence-corrected chi connectivity index (χ1v) is 3.36. The van der Waals surface area contributed by atoms with Crippen LogP contribution in [-0.2, 0) is 0 Å². The van der Waals surface area contributed by atoms with Crippen LogP contribution in [0.4, 0.5) is 13.2 Å². The summed E-state index contributed by atoms with van der Waals surface area (Å²) in [7, 11) is 0. The first-order chi connectivity index (χ1) is 6.34. The lowest BCUT2D eigenvalue weighted by molar-refractivity contribution is -0.0885. The minimum atomic E-state index is -5.06. The van der Waals surface area contributed by atoms with Crippen molar-refractivity contribution in [2.45, 2.75) is 6.18 Å². The van der Waals surface area contributed by atoms with E-state index in [0.29, 0.717) is 0 Å². The Balaban J connectivity index is 3.14. The molecule has 1 rings (SSSR count). The van der Waals surface area contributed by atoms with Crippen molar-refractivity contribution in [3.63, 3.8) is 0 Å². The minimum absolute atomic E-state index is 0.757. The van der Waals surface area contributed by atoms with Crippen molar-refractivity contribution in [1.29, 1.82) is 0 Å². The minimum Gasteiger partial charge on any atom is -0.477 e. The number of aromatic nitrogens is 1. The lowest BCUT2D eigenvalue weighted by Gasteiger charge is -2.03. The van der Waals surface area contributed by atoms with E-state index in [1.807, 2.05) is 4.98 Å². The van der Waals surface area contributed by atoms with Crippen molar-refractivity contribution in [3.8, 4) is 0 Å². The van der Waals surface area contributed by atoms with Gasteiger partial charge < -0.3 is 10.1 Å². The fraction of sp³-hybridized carbons (Fsp3) is 0.143. The molecule has 0 unspecified atom stereocenters. The number of carboxylic acids is 1. The zero-order valence-electron chi connectivity index (χ0n) is 6.55. The highest BCUT2D eigenvalue weighted by atomic mass is 19.4. The lowest BCUT2D eigenvalue weighted by Crippen LogP contribution is -2.24. The molecule has 1 aromatic rings. The van der Waals surface area contributed by atoms with Crippen LogP contribution in [-0.4, -0.2) is 28.0 Å². The summed E-state index contributed by atoms with van der Waals surface area (Å²) in [5, 5.41) is 8.42. The molecule has 14 heavy (non-hydrogen) atoms. The normalized spacial score (nSPS) is 11.4.